The van der Waals surface area contributed by atoms with Crippen LogP contribution in [0.1, 0.15) is 57.8 Å². The number of rotatable bonds is 8. The Morgan fingerprint density at radius 1 is 1.16 bits per heavy atom. The predicted octanol–water partition coefficient (Wildman–Crippen LogP) is 4.59. The number of anilines is 1. The summed E-state index contributed by atoms with van der Waals surface area (Å²) in [5.41, 5.74) is 1.22. The molecule has 1 aliphatic rings. The summed E-state index contributed by atoms with van der Waals surface area (Å²) in [4.78, 5) is 38.6. The third-order valence-electron chi connectivity index (χ3n) is 4.84. The maximum atomic E-state index is 12.7. The van der Waals surface area contributed by atoms with Gasteiger partial charge < -0.3 is 19.5 Å². The van der Waals surface area contributed by atoms with E-state index in [1.807, 2.05) is 0 Å². The highest BCUT2D eigenvalue weighted by Gasteiger charge is 2.29. The Balaban J connectivity index is 1.71. The average molecular weight is 467 g/mol. The van der Waals surface area contributed by atoms with E-state index in [0.29, 0.717) is 10.6 Å². The number of thiophene rings is 1. The van der Waals surface area contributed by atoms with Crippen LogP contribution >= 0.6 is 11.3 Å². The fourth-order valence-electron chi connectivity index (χ4n) is 3.37. The summed E-state index contributed by atoms with van der Waals surface area (Å²) in [5, 5.41) is 3.05. The van der Waals surface area contributed by atoms with Gasteiger partial charge in [-0.15, -0.1) is 11.3 Å². The number of fused-ring (bicyclic) bond motifs is 1. The highest BCUT2D eigenvalue weighted by atomic mass is 32.1. The molecule has 1 atom stereocenters. The second-order valence-corrected chi connectivity index (χ2v) is 8.18. The first kappa shape index (κ1) is 23.6. The van der Waals surface area contributed by atoms with Crippen LogP contribution in [0.4, 0.5) is 13.8 Å². The zero-order valence-electron chi connectivity index (χ0n) is 17.6. The van der Waals surface area contributed by atoms with E-state index >= 15 is 0 Å². The van der Waals surface area contributed by atoms with Crippen molar-refractivity contribution in [3.63, 3.8) is 0 Å². The second-order valence-electron chi connectivity index (χ2n) is 7.08. The fourth-order valence-corrected chi connectivity index (χ4v) is 4.65. The van der Waals surface area contributed by atoms with E-state index in [9.17, 15) is 23.2 Å². The van der Waals surface area contributed by atoms with E-state index in [4.69, 9.17) is 9.47 Å². The number of nitrogens with one attached hydrogen (secondary N) is 1. The number of amides is 1. The highest BCUT2D eigenvalue weighted by Crippen LogP contribution is 2.38. The van der Waals surface area contributed by atoms with Gasteiger partial charge in [0.25, 0.3) is 5.91 Å². The Labute approximate surface area is 187 Å². The highest BCUT2D eigenvalue weighted by molar-refractivity contribution is 7.17. The Morgan fingerprint density at radius 3 is 2.62 bits per heavy atom. The maximum absolute atomic E-state index is 12.7. The molecule has 0 fully saturated rings. The number of halogens is 2. The topological polar surface area (TPSA) is 90.9 Å². The molecular weight excluding hydrogens is 444 g/mol. The SMILES string of the molecule is CCOC(=O)c1c(NC(=O)[C@H](C)OC(=O)c2cccc(OC(F)F)c2)sc2c1CCCC2. The number of esters is 2. The van der Waals surface area contributed by atoms with E-state index < -0.39 is 30.6 Å². The summed E-state index contributed by atoms with van der Waals surface area (Å²) < 4.78 is 39.4. The van der Waals surface area contributed by atoms with E-state index in [1.165, 1.54) is 36.5 Å². The van der Waals surface area contributed by atoms with Crippen LogP contribution in [0.25, 0.3) is 0 Å². The summed E-state index contributed by atoms with van der Waals surface area (Å²) in [7, 11) is 0. The van der Waals surface area contributed by atoms with Crippen LogP contribution in [0.15, 0.2) is 24.3 Å². The van der Waals surface area contributed by atoms with Crippen molar-refractivity contribution in [1.82, 2.24) is 0 Å². The van der Waals surface area contributed by atoms with Gasteiger partial charge in [-0.2, -0.15) is 8.78 Å². The quantitative estimate of drug-likeness (QED) is 0.571. The standard InChI is InChI=1S/C22H23F2NO6S/c1-3-29-21(28)17-15-9-4-5-10-16(15)32-19(17)25-18(26)12(2)30-20(27)13-7-6-8-14(11-13)31-22(23)24/h6-8,11-12,22H,3-5,9-10H2,1-2H3,(H,25,26)/t12-/m0/s1. The van der Waals surface area contributed by atoms with Crippen LogP contribution in [0, 0.1) is 0 Å². The number of carbonyl (C=O) groups excluding carboxylic acids is 3. The van der Waals surface area contributed by atoms with Crippen molar-refractivity contribution >= 4 is 34.2 Å². The number of aryl methyl sites for hydroxylation is 1. The zero-order valence-corrected chi connectivity index (χ0v) is 18.4. The average Bonchev–Trinajstić information content (AvgIpc) is 3.11. The van der Waals surface area contributed by atoms with Crippen molar-refractivity contribution in [2.75, 3.05) is 11.9 Å². The molecule has 0 spiro atoms. The molecule has 0 radical (unpaired) electrons. The molecule has 0 bridgehead atoms. The molecule has 1 aliphatic carbocycles. The van der Waals surface area contributed by atoms with Gasteiger partial charge in [0.1, 0.15) is 10.8 Å². The number of hydrogen-bond donors (Lipinski definition) is 1. The van der Waals surface area contributed by atoms with Crippen LogP contribution in [0.5, 0.6) is 5.75 Å². The first-order valence-electron chi connectivity index (χ1n) is 10.2. The molecule has 1 aromatic heterocycles. The van der Waals surface area contributed by atoms with Gasteiger partial charge in [0, 0.05) is 4.88 Å². The number of hydrogen-bond acceptors (Lipinski definition) is 7. The van der Waals surface area contributed by atoms with Crippen molar-refractivity contribution in [2.45, 2.75) is 52.2 Å². The molecule has 1 amide bonds. The van der Waals surface area contributed by atoms with Gasteiger partial charge in [0.15, 0.2) is 6.10 Å². The predicted molar refractivity (Wildman–Crippen MR) is 113 cm³/mol. The summed E-state index contributed by atoms with van der Waals surface area (Å²) >= 11 is 1.32. The first-order valence-corrected chi connectivity index (χ1v) is 11.0. The Bertz CT molecular complexity index is 1010. The van der Waals surface area contributed by atoms with E-state index in [2.05, 4.69) is 10.1 Å². The van der Waals surface area contributed by atoms with Gasteiger partial charge in [0.2, 0.25) is 0 Å². The molecule has 32 heavy (non-hydrogen) atoms. The normalized spacial score (nSPS) is 13.8. The van der Waals surface area contributed by atoms with Crippen LogP contribution in [0.3, 0.4) is 0 Å². The number of alkyl halides is 2. The largest absolute Gasteiger partial charge is 0.462 e. The minimum Gasteiger partial charge on any atom is -0.462 e. The lowest BCUT2D eigenvalue weighted by atomic mass is 9.95. The van der Waals surface area contributed by atoms with Crippen molar-refractivity contribution in [2.24, 2.45) is 0 Å². The number of benzene rings is 1. The molecule has 2 aromatic rings. The maximum Gasteiger partial charge on any atom is 0.387 e. The van der Waals surface area contributed by atoms with Gasteiger partial charge in [0.05, 0.1) is 17.7 Å². The van der Waals surface area contributed by atoms with Gasteiger partial charge >= 0.3 is 18.6 Å². The Morgan fingerprint density at radius 2 is 1.91 bits per heavy atom. The summed E-state index contributed by atoms with van der Waals surface area (Å²) in [6, 6.07) is 5.10. The van der Waals surface area contributed by atoms with E-state index in [1.54, 1.807) is 6.92 Å². The lowest BCUT2D eigenvalue weighted by Crippen LogP contribution is -2.30. The molecule has 1 aromatic carbocycles. The van der Waals surface area contributed by atoms with Gasteiger partial charge in [-0.05, 0) is 63.3 Å². The first-order chi connectivity index (χ1) is 15.3. The van der Waals surface area contributed by atoms with Crippen LogP contribution < -0.4 is 10.1 Å². The van der Waals surface area contributed by atoms with Crippen LogP contribution in [-0.4, -0.2) is 37.2 Å². The molecule has 172 valence electrons. The van der Waals surface area contributed by atoms with Crippen molar-refractivity contribution in [3.8, 4) is 5.75 Å². The summed E-state index contributed by atoms with van der Waals surface area (Å²) in [6.07, 6.45) is 2.31. The zero-order chi connectivity index (χ0) is 23.3. The van der Waals surface area contributed by atoms with Crippen molar-refractivity contribution in [1.29, 1.82) is 0 Å². The van der Waals surface area contributed by atoms with E-state index in [-0.39, 0.29) is 17.9 Å². The second kappa shape index (κ2) is 10.5. The summed E-state index contributed by atoms with van der Waals surface area (Å²) in [6.45, 7) is 0.262. The third-order valence-corrected chi connectivity index (χ3v) is 6.04. The van der Waals surface area contributed by atoms with E-state index in [0.717, 1.165) is 42.2 Å². The number of ether oxygens (including phenoxy) is 3. The van der Waals surface area contributed by atoms with Crippen LogP contribution in [0.2, 0.25) is 0 Å². The lowest BCUT2D eigenvalue weighted by molar-refractivity contribution is -0.123. The lowest BCUT2D eigenvalue weighted by Gasteiger charge is -2.14. The van der Waals surface area contributed by atoms with Gasteiger partial charge in [-0.25, -0.2) is 9.59 Å². The molecular formula is C22H23F2NO6S. The van der Waals surface area contributed by atoms with Crippen molar-refractivity contribution in [3.05, 3.63) is 45.8 Å². The van der Waals surface area contributed by atoms with Crippen LogP contribution in [-0.2, 0) is 27.1 Å². The van der Waals surface area contributed by atoms with Gasteiger partial charge in [-0.1, -0.05) is 6.07 Å². The monoisotopic (exact) mass is 467 g/mol. The molecule has 0 aliphatic heterocycles. The molecule has 7 nitrogen and oxygen atoms in total. The third kappa shape index (κ3) is 5.61. The minimum absolute atomic E-state index is 0.0402. The molecule has 10 heteroatoms. The molecule has 1 N–H and O–H groups in total. The smallest absolute Gasteiger partial charge is 0.387 e. The minimum atomic E-state index is -3.03. The van der Waals surface area contributed by atoms with Crippen molar-refractivity contribution < 1.29 is 37.4 Å². The molecule has 0 unspecified atom stereocenters. The molecule has 3 rings (SSSR count). The Kier molecular flexibility index (Phi) is 7.79. The fraction of sp³-hybridized carbons (Fsp3) is 0.409. The summed E-state index contributed by atoms with van der Waals surface area (Å²) in [5.74, 6) is -2.19. The molecule has 0 saturated heterocycles. The molecule has 1 heterocycles. The Hall–Kier alpha value is -3.01. The molecule has 0 saturated carbocycles. The number of carbonyl (C=O) groups is 3. The van der Waals surface area contributed by atoms with Gasteiger partial charge in [-0.3, -0.25) is 4.79 Å².